The number of aromatic nitrogens is 1. The van der Waals surface area contributed by atoms with E-state index in [4.69, 9.17) is 30.6 Å². The van der Waals surface area contributed by atoms with E-state index in [1.54, 1.807) is 11.4 Å². The number of aliphatic hydroxyl groups excluding tert-OH is 2. The monoisotopic (exact) mass is 542 g/mol. The van der Waals surface area contributed by atoms with Crippen LogP contribution in [0.4, 0.5) is 5.69 Å². The van der Waals surface area contributed by atoms with Gasteiger partial charge in [-0.1, -0.05) is 24.4 Å². The summed E-state index contributed by atoms with van der Waals surface area (Å²) in [5.74, 6) is -1.36. The van der Waals surface area contributed by atoms with Crippen molar-refractivity contribution in [3.63, 3.8) is 0 Å². The second-order valence-corrected chi connectivity index (χ2v) is 13.6. The Balaban J connectivity index is 1.53. The Morgan fingerprint density at radius 3 is 2.58 bits per heavy atom. The molecule has 0 spiro atoms. The topological polar surface area (TPSA) is 179 Å². The summed E-state index contributed by atoms with van der Waals surface area (Å²) in [6.07, 6.45) is -0.608. The number of pyridine rings is 1. The van der Waals surface area contributed by atoms with Crippen molar-refractivity contribution in [1.82, 2.24) is 4.98 Å². The summed E-state index contributed by atoms with van der Waals surface area (Å²) in [4.78, 5) is 31.8. The zero-order chi connectivity index (χ0) is 24.0. The first kappa shape index (κ1) is 25.5. The van der Waals surface area contributed by atoms with Gasteiger partial charge in [0.2, 0.25) is 0 Å². The lowest BCUT2D eigenvalue weighted by Gasteiger charge is -2.18. The number of nitrogens with one attached hydrogen (secondary N) is 1. The van der Waals surface area contributed by atoms with Crippen LogP contribution in [0.2, 0.25) is 5.15 Å². The van der Waals surface area contributed by atoms with Crippen LogP contribution < -0.4 is 5.32 Å². The quantitative estimate of drug-likeness (QED) is 0.213. The third-order valence-electron chi connectivity index (χ3n) is 5.71. The van der Waals surface area contributed by atoms with Crippen LogP contribution in [0.15, 0.2) is 11.4 Å². The Kier molecular flexibility index (Phi) is 7.56. The molecule has 0 aromatic carbocycles. The molecule has 3 heterocycles. The largest absolute Gasteiger partial charge is 0.387 e. The molecular weight excluding hydrogens is 518 g/mol. The first-order valence-electron chi connectivity index (χ1n) is 10.3. The van der Waals surface area contributed by atoms with Gasteiger partial charge in [-0.15, -0.1) is 11.3 Å². The van der Waals surface area contributed by atoms with Gasteiger partial charge in [0.1, 0.15) is 29.6 Å². The molecule has 1 saturated carbocycles. The Labute approximate surface area is 198 Å². The molecule has 0 bridgehead atoms. The molecule has 1 aliphatic heterocycles. The van der Waals surface area contributed by atoms with E-state index in [0.717, 1.165) is 36.1 Å². The number of aliphatic hydroxyl groups is 2. The smallest absolute Gasteiger partial charge is 0.340 e. The molecule has 33 heavy (non-hydrogen) atoms. The van der Waals surface area contributed by atoms with Crippen molar-refractivity contribution in [2.45, 2.75) is 56.1 Å². The molecule has 2 fully saturated rings. The Morgan fingerprint density at radius 1 is 1.21 bits per heavy atom. The van der Waals surface area contributed by atoms with Crippen LogP contribution in [0.1, 0.15) is 37.4 Å². The molecule has 6 N–H and O–H groups in total. The highest BCUT2D eigenvalue weighted by Crippen LogP contribution is 2.55. The second-order valence-electron chi connectivity index (χ2n) is 8.30. The van der Waals surface area contributed by atoms with E-state index in [1.807, 2.05) is 0 Å². The van der Waals surface area contributed by atoms with E-state index in [2.05, 4.69) is 10.3 Å². The predicted molar refractivity (Wildman–Crippen MR) is 123 cm³/mol. The normalized spacial score (nSPS) is 28.4. The summed E-state index contributed by atoms with van der Waals surface area (Å²) in [5, 5.41) is 26.5. The van der Waals surface area contributed by atoms with Crippen molar-refractivity contribution in [2.24, 2.45) is 0 Å². The number of rotatable bonds is 8. The third kappa shape index (κ3) is 5.97. The van der Waals surface area contributed by atoms with E-state index in [1.165, 1.54) is 11.3 Å². The van der Waals surface area contributed by atoms with Gasteiger partial charge in [0.15, 0.2) is 5.90 Å². The molecule has 184 valence electrons. The minimum absolute atomic E-state index is 0.259. The Morgan fingerprint density at radius 2 is 1.91 bits per heavy atom. The number of hydrogen-bond acceptors (Lipinski definition) is 9. The van der Waals surface area contributed by atoms with Gasteiger partial charge in [0.05, 0.1) is 22.5 Å². The van der Waals surface area contributed by atoms with Crippen LogP contribution in [0.25, 0.3) is 10.2 Å². The number of ether oxygens (including phenoxy) is 1. The summed E-state index contributed by atoms with van der Waals surface area (Å²) >= 11 is 7.64. The average molecular weight is 543 g/mol. The molecule has 2 aromatic heterocycles. The van der Waals surface area contributed by atoms with Gasteiger partial charge in [0, 0.05) is 17.7 Å². The second kappa shape index (κ2) is 9.79. The summed E-state index contributed by atoms with van der Waals surface area (Å²) in [6, 6.07) is 2.09. The van der Waals surface area contributed by atoms with Crippen molar-refractivity contribution < 1.29 is 43.3 Å². The molecule has 1 unspecified atom stereocenters. The summed E-state index contributed by atoms with van der Waals surface area (Å²) in [5.41, 5.74) is 1.85. The molecule has 0 radical (unpaired) electrons. The molecule has 2 aliphatic rings. The molecule has 4 rings (SSSR count). The van der Waals surface area contributed by atoms with Crippen LogP contribution in [0.3, 0.4) is 0 Å². The minimum Gasteiger partial charge on any atom is -0.387 e. The summed E-state index contributed by atoms with van der Waals surface area (Å²) in [6.45, 7) is -0.646. The lowest BCUT2D eigenvalue weighted by atomic mass is 10.0. The number of halogens is 1. The fraction of sp³-hybridized carbons (Fsp3) is 0.611. The first-order valence-corrected chi connectivity index (χ1v) is 15.1. The maximum atomic E-state index is 11.9. The summed E-state index contributed by atoms with van der Waals surface area (Å²) < 4.78 is 34.2. The maximum Gasteiger partial charge on any atom is 0.340 e. The Bertz CT molecular complexity index is 1110. The molecule has 5 atom stereocenters. The van der Waals surface area contributed by atoms with Gasteiger partial charge in [-0.3, -0.25) is 9.13 Å². The number of nitrogens with zero attached hydrogens (tertiary/aromatic N) is 1. The lowest BCUT2D eigenvalue weighted by Crippen LogP contribution is -2.33. The Hall–Kier alpha value is -0.620. The van der Waals surface area contributed by atoms with Crippen molar-refractivity contribution >= 4 is 54.0 Å². The van der Waals surface area contributed by atoms with Crippen LogP contribution in [-0.2, 0) is 18.4 Å². The minimum atomic E-state index is -4.79. The SMILES string of the molecule is O=P(O)(O)CP(=O)(O)OC[C@H]1O[C@@H](c2csc3c(NC4CCCC4)cc(Cl)nc23)[C@H](O)[C@@H]1O. The molecule has 1 aliphatic carbocycles. The van der Waals surface area contributed by atoms with E-state index in [9.17, 15) is 24.2 Å². The number of anilines is 1. The first-order chi connectivity index (χ1) is 15.4. The van der Waals surface area contributed by atoms with Crippen LogP contribution >= 0.6 is 38.1 Å². The van der Waals surface area contributed by atoms with Crippen LogP contribution in [0.5, 0.6) is 0 Å². The highest BCUT2D eigenvalue weighted by Gasteiger charge is 2.46. The van der Waals surface area contributed by atoms with Gasteiger partial charge in [-0.2, -0.15) is 0 Å². The van der Waals surface area contributed by atoms with Crippen LogP contribution in [-0.4, -0.2) is 66.7 Å². The van der Waals surface area contributed by atoms with E-state index >= 15 is 0 Å². The zero-order valence-corrected chi connectivity index (χ0v) is 20.6. The van der Waals surface area contributed by atoms with Gasteiger partial charge in [-0.25, -0.2) is 4.98 Å². The molecular formula is C18H25ClN2O9P2S. The summed E-state index contributed by atoms with van der Waals surface area (Å²) in [7, 11) is -9.42. The molecule has 0 amide bonds. The van der Waals surface area contributed by atoms with E-state index in [-0.39, 0.29) is 5.15 Å². The number of thiophene rings is 1. The highest BCUT2D eigenvalue weighted by molar-refractivity contribution is 7.70. The van der Waals surface area contributed by atoms with Crippen molar-refractivity contribution in [2.75, 3.05) is 17.8 Å². The highest BCUT2D eigenvalue weighted by atomic mass is 35.5. The number of hydrogen-bond donors (Lipinski definition) is 6. The van der Waals surface area contributed by atoms with Crippen molar-refractivity contribution in [3.05, 3.63) is 22.2 Å². The van der Waals surface area contributed by atoms with Gasteiger partial charge < -0.3 is 39.5 Å². The lowest BCUT2D eigenvalue weighted by molar-refractivity contribution is -0.0181. The van der Waals surface area contributed by atoms with Crippen LogP contribution in [0, 0.1) is 0 Å². The predicted octanol–water partition coefficient (Wildman–Crippen LogP) is 2.80. The molecule has 1 saturated heterocycles. The maximum absolute atomic E-state index is 11.9. The van der Waals surface area contributed by atoms with E-state index in [0.29, 0.717) is 17.1 Å². The fourth-order valence-electron chi connectivity index (χ4n) is 4.20. The number of fused-ring (bicyclic) bond motifs is 1. The van der Waals surface area contributed by atoms with Gasteiger partial charge >= 0.3 is 15.2 Å². The molecule has 2 aromatic rings. The van der Waals surface area contributed by atoms with Gasteiger partial charge in [0.25, 0.3) is 0 Å². The standard InChI is InChI=1S/C18H25ClN2O9P2S/c19-13-5-11(20-9-3-1-2-4-9)18-14(21-13)10(7-33-18)17-16(23)15(22)12(30-17)6-29-32(27,28)8-31(24,25)26/h5,7,9,12,15-17,22-23H,1-4,6,8H2,(H,20,21)(H,27,28)(H2,24,25,26)/t12-,15-,16-,17+/m1/s1. The van der Waals surface area contributed by atoms with Crippen molar-refractivity contribution in [3.8, 4) is 0 Å². The van der Waals surface area contributed by atoms with Crippen molar-refractivity contribution in [1.29, 1.82) is 0 Å². The third-order valence-corrected chi connectivity index (χ3v) is 10.4. The fourth-order valence-corrected chi connectivity index (χ4v) is 7.97. The van der Waals surface area contributed by atoms with E-state index < -0.39 is 52.1 Å². The molecule has 11 nitrogen and oxygen atoms in total. The molecule has 15 heteroatoms. The van der Waals surface area contributed by atoms with Gasteiger partial charge in [-0.05, 0) is 18.2 Å². The average Bonchev–Trinajstić information content (AvgIpc) is 3.40. The zero-order valence-electron chi connectivity index (χ0n) is 17.3.